The lowest BCUT2D eigenvalue weighted by atomic mass is 9.72. The van der Waals surface area contributed by atoms with E-state index in [1.54, 1.807) is 0 Å². The first-order valence-electron chi connectivity index (χ1n) is 4.17. The standard InChI is InChI=1S/C8H17NO2/c1-2-8(5-11-6-8)7(3-9)4-10/h7,10H,2-6,9H2,1H3. The van der Waals surface area contributed by atoms with Crippen LogP contribution >= 0.6 is 0 Å². The lowest BCUT2D eigenvalue weighted by Gasteiger charge is -2.45. The Bertz CT molecular complexity index is 114. The van der Waals surface area contributed by atoms with Gasteiger partial charge in [-0.3, -0.25) is 0 Å². The van der Waals surface area contributed by atoms with Crippen LogP contribution in [0.15, 0.2) is 0 Å². The van der Waals surface area contributed by atoms with E-state index >= 15 is 0 Å². The fourth-order valence-corrected chi connectivity index (χ4v) is 1.61. The first kappa shape index (κ1) is 8.97. The molecule has 0 saturated carbocycles. The molecule has 3 heteroatoms. The molecule has 1 saturated heterocycles. The number of rotatable bonds is 4. The predicted octanol–water partition coefficient (Wildman–Crippen LogP) is -0.0198. The molecule has 1 unspecified atom stereocenters. The third-order valence-corrected chi connectivity index (χ3v) is 2.85. The normalized spacial score (nSPS) is 24.3. The van der Waals surface area contributed by atoms with Gasteiger partial charge in [-0.2, -0.15) is 0 Å². The maximum absolute atomic E-state index is 9.02. The van der Waals surface area contributed by atoms with E-state index in [4.69, 9.17) is 15.6 Å². The Kier molecular flexibility index (Phi) is 2.87. The van der Waals surface area contributed by atoms with Gasteiger partial charge in [0.05, 0.1) is 13.2 Å². The summed E-state index contributed by atoms with van der Waals surface area (Å²) in [6.07, 6.45) is 1.05. The molecule has 1 rings (SSSR count). The van der Waals surface area contributed by atoms with Gasteiger partial charge in [0.2, 0.25) is 0 Å². The van der Waals surface area contributed by atoms with Crippen molar-refractivity contribution >= 4 is 0 Å². The van der Waals surface area contributed by atoms with E-state index in [1.165, 1.54) is 0 Å². The van der Waals surface area contributed by atoms with Crippen molar-refractivity contribution < 1.29 is 9.84 Å². The van der Waals surface area contributed by atoms with E-state index in [0.29, 0.717) is 6.54 Å². The van der Waals surface area contributed by atoms with Crippen LogP contribution in [0, 0.1) is 11.3 Å². The van der Waals surface area contributed by atoms with Crippen molar-refractivity contribution in [2.75, 3.05) is 26.4 Å². The quantitative estimate of drug-likeness (QED) is 0.606. The fraction of sp³-hybridized carbons (Fsp3) is 1.00. The van der Waals surface area contributed by atoms with Gasteiger partial charge in [-0.25, -0.2) is 0 Å². The van der Waals surface area contributed by atoms with E-state index in [9.17, 15) is 0 Å². The van der Waals surface area contributed by atoms with E-state index in [-0.39, 0.29) is 17.9 Å². The van der Waals surface area contributed by atoms with Gasteiger partial charge in [-0.05, 0) is 13.0 Å². The van der Waals surface area contributed by atoms with Crippen LogP contribution in [0.3, 0.4) is 0 Å². The van der Waals surface area contributed by atoms with Crippen LogP contribution in [0.2, 0.25) is 0 Å². The molecule has 1 heterocycles. The van der Waals surface area contributed by atoms with E-state index < -0.39 is 0 Å². The molecule has 66 valence electrons. The Morgan fingerprint density at radius 1 is 1.64 bits per heavy atom. The van der Waals surface area contributed by atoms with E-state index in [2.05, 4.69) is 6.92 Å². The van der Waals surface area contributed by atoms with Crippen LogP contribution in [-0.4, -0.2) is 31.5 Å². The molecule has 0 aromatic heterocycles. The average Bonchev–Trinajstić information content (AvgIpc) is 1.96. The Hall–Kier alpha value is -0.120. The summed E-state index contributed by atoms with van der Waals surface area (Å²) in [4.78, 5) is 0. The maximum atomic E-state index is 9.02. The lowest BCUT2D eigenvalue weighted by Crippen LogP contribution is -2.51. The smallest absolute Gasteiger partial charge is 0.0548 e. The molecule has 0 aliphatic carbocycles. The molecule has 0 radical (unpaired) electrons. The fourth-order valence-electron chi connectivity index (χ4n) is 1.61. The molecule has 1 aliphatic rings. The molecule has 0 bridgehead atoms. The average molecular weight is 159 g/mol. The number of aliphatic hydroxyl groups excluding tert-OH is 1. The summed E-state index contributed by atoms with van der Waals surface area (Å²) in [6.45, 7) is 4.42. The van der Waals surface area contributed by atoms with Gasteiger partial charge in [0, 0.05) is 17.9 Å². The first-order chi connectivity index (χ1) is 5.29. The summed E-state index contributed by atoms with van der Waals surface area (Å²) in [5, 5.41) is 9.02. The van der Waals surface area contributed by atoms with Gasteiger partial charge in [-0.15, -0.1) is 0 Å². The summed E-state index contributed by atoms with van der Waals surface area (Å²) in [7, 11) is 0. The lowest BCUT2D eigenvalue weighted by molar-refractivity contribution is -0.153. The number of hydrogen-bond acceptors (Lipinski definition) is 3. The topological polar surface area (TPSA) is 55.5 Å². The van der Waals surface area contributed by atoms with E-state index in [0.717, 1.165) is 19.6 Å². The molecule has 0 amide bonds. The molecule has 1 fully saturated rings. The minimum atomic E-state index is 0.184. The maximum Gasteiger partial charge on any atom is 0.0548 e. The van der Waals surface area contributed by atoms with Gasteiger partial charge in [0.1, 0.15) is 0 Å². The zero-order valence-corrected chi connectivity index (χ0v) is 7.05. The number of aliphatic hydroxyl groups is 1. The van der Waals surface area contributed by atoms with Crippen LogP contribution < -0.4 is 5.73 Å². The highest BCUT2D eigenvalue weighted by atomic mass is 16.5. The van der Waals surface area contributed by atoms with Gasteiger partial charge < -0.3 is 15.6 Å². The highest BCUT2D eigenvalue weighted by molar-refractivity contribution is 4.90. The third-order valence-electron chi connectivity index (χ3n) is 2.85. The van der Waals surface area contributed by atoms with Crippen molar-refractivity contribution in [1.82, 2.24) is 0 Å². The first-order valence-corrected chi connectivity index (χ1v) is 4.17. The van der Waals surface area contributed by atoms with Crippen molar-refractivity contribution in [1.29, 1.82) is 0 Å². The van der Waals surface area contributed by atoms with Gasteiger partial charge >= 0.3 is 0 Å². The monoisotopic (exact) mass is 159 g/mol. The van der Waals surface area contributed by atoms with E-state index in [1.807, 2.05) is 0 Å². The largest absolute Gasteiger partial charge is 0.396 e. The molecule has 3 nitrogen and oxygen atoms in total. The Morgan fingerprint density at radius 2 is 2.27 bits per heavy atom. The minimum absolute atomic E-state index is 0.184. The second-order valence-corrected chi connectivity index (χ2v) is 3.32. The molecule has 0 aromatic carbocycles. The Balaban J connectivity index is 2.51. The van der Waals surface area contributed by atoms with Crippen molar-refractivity contribution in [3.63, 3.8) is 0 Å². The Morgan fingerprint density at radius 3 is 2.36 bits per heavy atom. The zero-order valence-electron chi connectivity index (χ0n) is 7.05. The summed E-state index contributed by atoms with van der Waals surface area (Å²) in [5.74, 6) is 0.223. The molecule has 1 atom stereocenters. The molecular weight excluding hydrogens is 142 g/mol. The SMILES string of the molecule is CCC1(C(CN)CO)COC1. The minimum Gasteiger partial charge on any atom is -0.396 e. The van der Waals surface area contributed by atoms with Crippen molar-refractivity contribution in [3.8, 4) is 0 Å². The second kappa shape index (κ2) is 3.52. The highest BCUT2D eigenvalue weighted by Crippen LogP contribution is 2.38. The van der Waals surface area contributed by atoms with Crippen LogP contribution in [-0.2, 0) is 4.74 Å². The second-order valence-electron chi connectivity index (χ2n) is 3.32. The van der Waals surface area contributed by atoms with Crippen LogP contribution in [0.4, 0.5) is 0 Å². The van der Waals surface area contributed by atoms with Crippen LogP contribution in [0.25, 0.3) is 0 Å². The number of hydrogen-bond donors (Lipinski definition) is 2. The summed E-state index contributed by atoms with van der Waals surface area (Å²) in [6, 6.07) is 0. The molecule has 0 aromatic rings. The summed E-state index contributed by atoms with van der Waals surface area (Å²) < 4.78 is 5.15. The van der Waals surface area contributed by atoms with Crippen molar-refractivity contribution in [2.45, 2.75) is 13.3 Å². The van der Waals surface area contributed by atoms with Crippen molar-refractivity contribution in [3.05, 3.63) is 0 Å². The number of ether oxygens (including phenoxy) is 1. The molecule has 3 N–H and O–H groups in total. The van der Waals surface area contributed by atoms with Crippen LogP contribution in [0.1, 0.15) is 13.3 Å². The van der Waals surface area contributed by atoms with Gasteiger partial charge in [0.15, 0.2) is 0 Å². The highest BCUT2D eigenvalue weighted by Gasteiger charge is 2.42. The van der Waals surface area contributed by atoms with Gasteiger partial charge in [0.25, 0.3) is 0 Å². The molecular formula is C8H17NO2. The molecule has 11 heavy (non-hydrogen) atoms. The van der Waals surface area contributed by atoms with Gasteiger partial charge in [-0.1, -0.05) is 6.92 Å². The third kappa shape index (κ3) is 1.41. The predicted molar refractivity (Wildman–Crippen MR) is 43.2 cm³/mol. The molecule has 1 aliphatic heterocycles. The van der Waals surface area contributed by atoms with Crippen LogP contribution in [0.5, 0.6) is 0 Å². The van der Waals surface area contributed by atoms with Crippen molar-refractivity contribution in [2.24, 2.45) is 17.1 Å². The summed E-state index contributed by atoms with van der Waals surface area (Å²) in [5.41, 5.74) is 5.72. The summed E-state index contributed by atoms with van der Waals surface area (Å²) >= 11 is 0. The Labute approximate surface area is 67.5 Å². The zero-order chi connectivity index (χ0) is 8.32. The number of nitrogens with two attached hydrogens (primary N) is 1. The molecule has 0 spiro atoms.